The first-order valence-electron chi connectivity index (χ1n) is 7.69. The fourth-order valence-electron chi connectivity index (χ4n) is 2.32. The van der Waals surface area contributed by atoms with Crippen LogP contribution in [-0.4, -0.2) is 39.5 Å². The van der Waals surface area contributed by atoms with Crippen molar-refractivity contribution in [2.24, 2.45) is 0 Å². The maximum absolute atomic E-state index is 12.6. The van der Waals surface area contributed by atoms with E-state index in [9.17, 15) is 4.79 Å². The second-order valence-corrected chi connectivity index (χ2v) is 6.01. The SMILES string of the molecule is COc1ccc(Cl)cc1NC(=S)NC(=O)c1cc(OC)c(OC)c(OC)c1. The lowest BCUT2D eigenvalue weighted by molar-refractivity contribution is 0.0977. The number of halogens is 1. The summed E-state index contributed by atoms with van der Waals surface area (Å²) in [7, 11) is 5.94. The van der Waals surface area contributed by atoms with Gasteiger partial charge in [0.25, 0.3) is 5.91 Å². The number of hydrogen-bond acceptors (Lipinski definition) is 6. The molecule has 0 saturated heterocycles. The molecule has 0 fully saturated rings. The molecule has 1 amide bonds. The number of nitrogens with one attached hydrogen (secondary N) is 2. The number of carbonyl (C=O) groups excluding carboxylic acids is 1. The number of benzene rings is 2. The van der Waals surface area contributed by atoms with E-state index in [1.165, 1.54) is 40.6 Å². The van der Waals surface area contributed by atoms with E-state index in [0.717, 1.165) is 0 Å². The van der Waals surface area contributed by atoms with Crippen molar-refractivity contribution in [3.8, 4) is 23.0 Å². The van der Waals surface area contributed by atoms with E-state index in [4.69, 9.17) is 42.8 Å². The summed E-state index contributed by atoms with van der Waals surface area (Å²) in [5.41, 5.74) is 0.812. The van der Waals surface area contributed by atoms with E-state index in [1.54, 1.807) is 18.2 Å². The van der Waals surface area contributed by atoms with Gasteiger partial charge in [0.1, 0.15) is 5.75 Å². The van der Waals surface area contributed by atoms with Gasteiger partial charge in [0, 0.05) is 10.6 Å². The van der Waals surface area contributed by atoms with Crippen LogP contribution in [0.3, 0.4) is 0 Å². The van der Waals surface area contributed by atoms with Crippen LogP contribution in [0, 0.1) is 0 Å². The number of thiocarbonyl (C=S) groups is 1. The van der Waals surface area contributed by atoms with E-state index in [2.05, 4.69) is 10.6 Å². The molecule has 0 aliphatic rings. The van der Waals surface area contributed by atoms with Crippen LogP contribution in [0.25, 0.3) is 0 Å². The first kappa shape index (κ1) is 20.6. The van der Waals surface area contributed by atoms with Crippen LogP contribution in [0.15, 0.2) is 30.3 Å². The Bertz CT molecular complexity index is 835. The normalized spacial score (nSPS) is 9.96. The minimum atomic E-state index is -0.451. The second kappa shape index (κ2) is 9.29. The first-order chi connectivity index (χ1) is 12.9. The maximum atomic E-state index is 12.6. The quantitative estimate of drug-likeness (QED) is 0.705. The molecular weight excluding hydrogens is 392 g/mol. The zero-order chi connectivity index (χ0) is 20.0. The van der Waals surface area contributed by atoms with Gasteiger partial charge in [-0.25, -0.2) is 0 Å². The molecule has 0 heterocycles. The van der Waals surface area contributed by atoms with Crippen molar-refractivity contribution in [2.75, 3.05) is 33.8 Å². The van der Waals surface area contributed by atoms with Gasteiger partial charge >= 0.3 is 0 Å². The molecule has 7 nitrogen and oxygen atoms in total. The minimum Gasteiger partial charge on any atom is -0.495 e. The van der Waals surface area contributed by atoms with Crippen molar-refractivity contribution in [1.29, 1.82) is 0 Å². The molecule has 0 aliphatic heterocycles. The standard InChI is InChI=1S/C18H19ClN2O5S/c1-23-13-6-5-11(19)9-12(13)20-18(27)21-17(22)10-7-14(24-2)16(26-4)15(8-10)25-3/h5-9H,1-4H3,(H2,20,21,22,27). The summed E-state index contributed by atoms with van der Waals surface area (Å²) in [6.07, 6.45) is 0. The molecule has 2 aromatic carbocycles. The monoisotopic (exact) mass is 410 g/mol. The van der Waals surface area contributed by atoms with Gasteiger partial charge in [-0.1, -0.05) is 11.6 Å². The summed E-state index contributed by atoms with van der Waals surface area (Å²) < 4.78 is 21.0. The third-order valence-electron chi connectivity index (χ3n) is 3.56. The fraction of sp³-hybridized carbons (Fsp3) is 0.222. The molecule has 0 aromatic heterocycles. The van der Waals surface area contributed by atoms with Crippen molar-refractivity contribution < 1.29 is 23.7 Å². The average molecular weight is 411 g/mol. The maximum Gasteiger partial charge on any atom is 0.257 e. The van der Waals surface area contributed by atoms with Gasteiger partial charge in [-0.05, 0) is 42.5 Å². The van der Waals surface area contributed by atoms with E-state index < -0.39 is 5.91 Å². The summed E-state index contributed by atoms with van der Waals surface area (Å²) in [5.74, 6) is 1.19. The molecule has 9 heteroatoms. The van der Waals surface area contributed by atoms with Gasteiger partial charge in [0.15, 0.2) is 16.6 Å². The summed E-state index contributed by atoms with van der Waals surface area (Å²) in [6.45, 7) is 0. The number of methoxy groups -OCH3 is 4. The Balaban J connectivity index is 2.20. The Morgan fingerprint density at radius 3 is 2.04 bits per heavy atom. The van der Waals surface area contributed by atoms with Gasteiger partial charge in [0.05, 0.1) is 34.1 Å². The topological polar surface area (TPSA) is 78.1 Å². The lowest BCUT2D eigenvalue weighted by atomic mass is 10.1. The van der Waals surface area contributed by atoms with Gasteiger partial charge in [-0.15, -0.1) is 0 Å². The lowest BCUT2D eigenvalue weighted by Crippen LogP contribution is -2.34. The molecule has 0 unspecified atom stereocenters. The smallest absolute Gasteiger partial charge is 0.257 e. The number of hydrogen-bond donors (Lipinski definition) is 2. The molecule has 2 N–H and O–H groups in total. The molecule has 2 aromatic rings. The van der Waals surface area contributed by atoms with Crippen LogP contribution < -0.4 is 29.6 Å². The van der Waals surface area contributed by atoms with Gasteiger partial charge in [0.2, 0.25) is 5.75 Å². The third-order valence-corrected chi connectivity index (χ3v) is 4.00. The van der Waals surface area contributed by atoms with Crippen LogP contribution in [0.5, 0.6) is 23.0 Å². The highest BCUT2D eigenvalue weighted by molar-refractivity contribution is 7.80. The Morgan fingerprint density at radius 1 is 0.926 bits per heavy atom. The number of anilines is 1. The van der Waals surface area contributed by atoms with Crippen molar-refractivity contribution in [2.45, 2.75) is 0 Å². The lowest BCUT2D eigenvalue weighted by Gasteiger charge is -2.15. The third kappa shape index (κ3) is 4.93. The van der Waals surface area contributed by atoms with E-state index in [1.807, 2.05) is 0 Å². The Kier molecular flexibility index (Phi) is 7.09. The average Bonchev–Trinajstić information content (AvgIpc) is 2.66. The van der Waals surface area contributed by atoms with Crippen molar-refractivity contribution in [1.82, 2.24) is 5.32 Å². The molecule has 2 rings (SSSR count). The highest BCUT2D eigenvalue weighted by atomic mass is 35.5. The summed E-state index contributed by atoms with van der Waals surface area (Å²) in [6, 6.07) is 8.06. The van der Waals surface area contributed by atoms with Gasteiger partial charge in [-0.3, -0.25) is 10.1 Å². The largest absolute Gasteiger partial charge is 0.495 e. The first-order valence-corrected chi connectivity index (χ1v) is 8.48. The zero-order valence-electron chi connectivity index (χ0n) is 15.2. The molecule has 144 valence electrons. The van der Waals surface area contributed by atoms with Crippen molar-refractivity contribution in [3.63, 3.8) is 0 Å². The molecular formula is C18H19ClN2O5S. The van der Waals surface area contributed by atoms with E-state index in [-0.39, 0.29) is 10.7 Å². The molecule has 0 spiro atoms. The predicted molar refractivity (Wildman–Crippen MR) is 108 cm³/mol. The number of rotatable bonds is 6. The Morgan fingerprint density at radius 2 is 1.52 bits per heavy atom. The van der Waals surface area contributed by atoms with Crippen molar-refractivity contribution >= 4 is 40.5 Å². The van der Waals surface area contributed by atoms with Gasteiger partial charge < -0.3 is 24.3 Å². The summed E-state index contributed by atoms with van der Waals surface area (Å²) in [5, 5.41) is 6.05. The van der Waals surface area contributed by atoms with Crippen LogP contribution in [0.1, 0.15) is 10.4 Å². The van der Waals surface area contributed by atoms with Crippen LogP contribution >= 0.6 is 23.8 Å². The number of amides is 1. The zero-order valence-corrected chi connectivity index (χ0v) is 16.8. The van der Waals surface area contributed by atoms with Crippen LogP contribution in [0.4, 0.5) is 5.69 Å². The summed E-state index contributed by atoms with van der Waals surface area (Å²) in [4.78, 5) is 12.6. The fourth-order valence-corrected chi connectivity index (χ4v) is 2.69. The molecule has 27 heavy (non-hydrogen) atoms. The van der Waals surface area contributed by atoms with Crippen LogP contribution in [0.2, 0.25) is 5.02 Å². The van der Waals surface area contributed by atoms with Crippen molar-refractivity contribution in [3.05, 3.63) is 40.9 Å². The second-order valence-electron chi connectivity index (χ2n) is 5.17. The van der Waals surface area contributed by atoms with E-state index in [0.29, 0.717) is 33.7 Å². The molecule has 0 bridgehead atoms. The molecule has 0 radical (unpaired) electrons. The minimum absolute atomic E-state index is 0.0781. The summed E-state index contributed by atoms with van der Waals surface area (Å²) >= 11 is 11.2. The number of ether oxygens (including phenoxy) is 4. The highest BCUT2D eigenvalue weighted by Gasteiger charge is 2.18. The predicted octanol–water partition coefficient (Wildman–Crippen LogP) is 3.50. The van der Waals surface area contributed by atoms with Gasteiger partial charge in [-0.2, -0.15) is 0 Å². The Labute approximate surface area is 167 Å². The molecule has 0 saturated carbocycles. The number of carbonyl (C=O) groups is 1. The molecule has 0 aliphatic carbocycles. The highest BCUT2D eigenvalue weighted by Crippen LogP contribution is 2.38. The van der Waals surface area contributed by atoms with Crippen LogP contribution in [-0.2, 0) is 0 Å². The molecule has 0 atom stereocenters. The van der Waals surface area contributed by atoms with E-state index >= 15 is 0 Å². The Hall–Kier alpha value is -2.71.